The fraction of sp³-hybridized carbons (Fsp3) is 0.222. The second-order valence-corrected chi connectivity index (χ2v) is 3.87. The lowest BCUT2D eigenvalue weighted by Crippen LogP contribution is -2.37. The van der Waals surface area contributed by atoms with Crippen LogP contribution in [0.4, 0.5) is 5.69 Å². The van der Waals surface area contributed by atoms with E-state index in [1.54, 1.807) is 18.2 Å². The lowest BCUT2D eigenvalue weighted by atomic mass is 10.3. The average Bonchev–Trinajstić information content (AvgIpc) is 2.69. The maximum atomic E-state index is 5.97. The van der Waals surface area contributed by atoms with E-state index in [0.29, 0.717) is 10.0 Å². The van der Waals surface area contributed by atoms with Crippen molar-refractivity contribution in [3.63, 3.8) is 0 Å². The van der Waals surface area contributed by atoms with Gasteiger partial charge in [0.15, 0.2) is 0 Å². The molecule has 0 amide bonds. The van der Waals surface area contributed by atoms with E-state index in [-0.39, 0.29) is 0 Å². The molecule has 0 radical (unpaired) electrons. The topological polar surface area (TPSA) is 48.5 Å². The van der Waals surface area contributed by atoms with Gasteiger partial charge >= 0.3 is 0 Å². The van der Waals surface area contributed by atoms with Gasteiger partial charge < -0.3 is 5.32 Å². The fourth-order valence-corrected chi connectivity index (χ4v) is 1.65. The second-order valence-electron chi connectivity index (χ2n) is 3.03. The lowest BCUT2D eigenvalue weighted by Gasteiger charge is -2.10. The van der Waals surface area contributed by atoms with Crippen LogP contribution in [0.15, 0.2) is 23.2 Å². The fourth-order valence-electron chi connectivity index (χ4n) is 1.20. The zero-order valence-electron chi connectivity index (χ0n) is 7.85. The molecule has 0 bridgehead atoms. The van der Waals surface area contributed by atoms with Crippen LogP contribution in [-0.2, 0) is 0 Å². The zero-order chi connectivity index (χ0) is 10.7. The molecular weight excluding hydrogens is 235 g/mol. The van der Waals surface area contributed by atoms with Gasteiger partial charge in [-0.1, -0.05) is 23.2 Å². The van der Waals surface area contributed by atoms with E-state index in [0.717, 1.165) is 24.7 Å². The highest BCUT2D eigenvalue weighted by atomic mass is 35.5. The van der Waals surface area contributed by atoms with Crippen molar-refractivity contribution in [3.8, 4) is 0 Å². The predicted octanol–water partition coefficient (Wildman–Crippen LogP) is 1.87. The summed E-state index contributed by atoms with van der Waals surface area (Å²) in [5.74, 6) is 0.723. The standard InChI is InChI=1S/C9H10Cl2N4/c10-6-1-2-8(7(11)5-6)14-15-9-12-3-4-13-9/h1-2,5,14H,3-4H2,(H2,12,13,15). The van der Waals surface area contributed by atoms with Crippen molar-refractivity contribution in [1.29, 1.82) is 0 Å². The molecule has 0 saturated carbocycles. The molecule has 1 aromatic carbocycles. The van der Waals surface area contributed by atoms with Crippen molar-refractivity contribution in [2.24, 2.45) is 4.99 Å². The van der Waals surface area contributed by atoms with Crippen molar-refractivity contribution >= 4 is 34.8 Å². The first-order chi connectivity index (χ1) is 7.25. The quantitative estimate of drug-likeness (QED) is 0.697. The smallest absolute Gasteiger partial charge is 0.210 e. The van der Waals surface area contributed by atoms with E-state index < -0.39 is 0 Å². The third-order valence-electron chi connectivity index (χ3n) is 1.92. The predicted molar refractivity (Wildman–Crippen MR) is 63.5 cm³/mol. The summed E-state index contributed by atoms with van der Waals surface area (Å²) >= 11 is 11.7. The number of anilines is 1. The zero-order valence-corrected chi connectivity index (χ0v) is 9.36. The van der Waals surface area contributed by atoms with Crippen LogP contribution >= 0.6 is 23.2 Å². The number of hydrogen-bond donors (Lipinski definition) is 3. The molecule has 2 rings (SSSR count). The molecule has 4 nitrogen and oxygen atoms in total. The van der Waals surface area contributed by atoms with Gasteiger partial charge in [0.05, 0.1) is 17.3 Å². The molecule has 1 aromatic rings. The first kappa shape index (κ1) is 10.4. The number of rotatable bonds is 2. The van der Waals surface area contributed by atoms with Crippen LogP contribution in [0.5, 0.6) is 0 Å². The highest BCUT2D eigenvalue weighted by Gasteiger charge is 2.05. The van der Waals surface area contributed by atoms with Crippen LogP contribution in [0, 0.1) is 0 Å². The second kappa shape index (κ2) is 4.59. The third kappa shape index (κ3) is 2.67. The molecular formula is C9H10Cl2N4. The Hall–Kier alpha value is -1.13. The van der Waals surface area contributed by atoms with Gasteiger partial charge in [-0.05, 0) is 18.2 Å². The molecule has 1 aliphatic heterocycles. The van der Waals surface area contributed by atoms with Crippen molar-refractivity contribution in [1.82, 2.24) is 10.7 Å². The lowest BCUT2D eigenvalue weighted by molar-refractivity contribution is 0.937. The highest BCUT2D eigenvalue weighted by Crippen LogP contribution is 2.24. The first-order valence-electron chi connectivity index (χ1n) is 4.51. The summed E-state index contributed by atoms with van der Waals surface area (Å²) in [7, 11) is 0. The van der Waals surface area contributed by atoms with Gasteiger partial charge in [0.25, 0.3) is 0 Å². The Balaban J connectivity index is 1.98. The van der Waals surface area contributed by atoms with Gasteiger partial charge in [0.2, 0.25) is 5.96 Å². The molecule has 0 aliphatic carbocycles. The Morgan fingerprint density at radius 3 is 2.80 bits per heavy atom. The third-order valence-corrected chi connectivity index (χ3v) is 2.47. The Bertz CT molecular complexity index is 392. The first-order valence-corrected chi connectivity index (χ1v) is 5.27. The summed E-state index contributed by atoms with van der Waals surface area (Å²) in [6.07, 6.45) is 0. The molecule has 6 heteroatoms. The van der Waals surface area contributed by atoms with Crippen molar-refractivity contribution in [2.45, 2.75) is 0 Å². The van der Waals surface area contributed by atoms with Gasteiger partial charge in [0.1, 0.15) is 0 Å². The molecule has 0 saturated heterocycles. The van der Waals surface area contributed by atoms with Gasteiger partial charge in [-0.15, -0.1) is 0 Å². The van der Waals surface area contributed by atoms with Crippen molar-refractivity contribution in [3.05, 3.63) is 28.2 Å². The minimum atomic E-state index is 0.564. The summed E-state index contributed by atoms with van der Waals surface area (Å²) in [5.41, 5.74) is 6.63. The number of guanidine groups is 1. The Labute approximate surface area is 97.6 Å². The highest BCUT2D eigenvalue weighted by molar-refractivity contribution is 6.36. The number of benzene rings is 1. The van der Waals surface area contributed by atoms with E-state index in [2.05, 4.69) is 21.2 Å². The van der Waals surface area contributed by atoms with E-state index in [1.165, 1.54) is 0 Å². The summed E-state index contributed by atoms with van der Waals surface area (Å²) < 4.78 is 0. The SMILES string of the molecule is Clc1ccc(NNC2=NCCN2)c(Cl)c1. The van der Waals surface area contributed by atoms with Gasteiger partial charge in [0, 0.05) is 11.6 Å². The average molecular weight is 245 g/mol. The van der Waals surface area contributed by atoms with Crippen LogP contribution in [-0.4, -0.2) is 19.0 Å². The molecule has 80 valence electrons. The van der Waals surface area contributed by atoms with Crippen molar-refractivity contribution < 1.29 is 0 Å². The molecule has 1 aliphatic rings. The van der Waals surface area contributed by atoms with E-state index in [9.17, 15) is 0 Å². The minimum Gasteiger partial charge on any atom is -0.353 e. The minimum absolute atomic E-state index is 0.564. The van der Waals surface area contributed by atoms with Gasteiger partial charge in [-0.2, -0.15) is 0 Å². The molecule has 15 heavy (non-hydrogen) atoms. The molecule has 0 aromatic heterocycles. The summed E-state index contributed by atoms with van der Waals surface area (Å²) in [6.45, 7) is 1.65. The van der Waals surface area contributed by atoms with Crippen LogP contribution in [0.2, 0.25) is 10.0 Å². The Kier molecular flexibility index (Phi) is 3.18. The van der Waals surface area contributed by atoms with Crippen LogP contribution in [0.1, 0.15) is 0 Å². The Morgan fingerprint density at radius 2 is 2.13 bits per heavy atom. The van der Waals surface area contributed by atoms with Gasteiger partial charge in [-0.3, -0.25) is 15.8 Å². The molecule has 0 unspecified atom stereocenters. The summed E-state index contributed by atoms with van der Waals surface area (Å²) in [6, 6.07) is 5.24. The molecule has 1 heterocycles. The summed E-state index contributed by atoms with van der Waals surface area (Å²) in [5, 5.41) is 4.24. The maximum absolute atomic E-state index is 5.97. The molecule has 0 atom stereocenters. The molecule has 0 fully saturated rings. The van der Waals surface area contributed by atoms with E-state index in [4.69, 9.17) is 23.2 Å². The number of halogens is 2. The largest absolute Gasteiger partial charge is 0.353 e. The van der Waals surface area contributed by atoms with Crippen molar-refractivity contribution in [2.75, 3.05) is 18.5 Å². The van der Waals surface area contributed by atoms with E-state index >= 15 is 0 Å². The number of nitrogens with one attached hydrogen (secondary N) is 3. The van der Waals surface area contributed by atoms with Crippen LogP contribution in [0.25, 0.3) is 0 Å². The molecule has 0 spiro atoms. The molecule has 3 N–H and O–H groups in total. The number of hydrogen-bond acceptors (Lipinski definition) is 4. The monoisotopic (exact) mass is 244 g/mol. The van der Waals surface area contributed by atoms with E-state index in [1.807, 2.05) is 0 Å². The van der Waals surface area contributed by atoms with Crippen LogP contribution in [0.3, 0.4) is 0 Å². The summed E-state index contributed by atoms with van der Waals surface area (Å²) in [4.78, 5) is 4.16. The number of aliphatic imine (C=N–C) groups is 1. The number of hydrazine groups is 1. The number of nitrogens with zero attached hydrogens (tertiary/aromatic N) is 1. The maximum Gasteiger partial charge on any atom is 0.210 e. The van der Waals surface area contributed by atoms with Gasteiger partial charge in [-0.25, -0.2) is 0 Å². The Morgan fingerprint density at radius 1 is 1.27 bits per heavy atom. The normalized spacial score (nSPS) is 14.4. The van der Waals surface area contributed by atoms with Crippen LogP contribution < -0.4 is 16.2 Å².